The normalized spacial score (nSPS) is 16.0. The number of carboxylic acid groups (broad SMARTS) is 1. The van der Waals surface area contributed by atoms with E-state index in [0.717, 1.165) is 17.0 Å². The molecule has 1 amide bonds. The maximum absolute atomic E-state index is 12.9. The molecule has 4 rings (SSSR count). The fourth-order valence-corrected chi connectivity index (χ4v) is 3.17. The van der Waals surface area contributed by atoms with E-state index in [2.05, 4.69) is 9.97 Å². The third-order valence-corrected chi connectivity index (χ3v) is 4.64. The predicted octanol–water partition coefficient (Wildman–Crippen LogP) is 2.33. The molecule has 0 spiro atoms. The molecule has 1 aliphatic rings. The smallest absolute Gasteiger partial charge is 0.326 e. The third kappa shape index (κ3) is 3.05. The lowest BCUT2D eigenvalue weighted by atomic mass is 10.0. The topological polar surface area (TPSA) is 109 Å². The second kappa shape index (κ2) is 6.64. The van der Waals surface area contributed by atoms with E-state index in [-0.39, 0.29) is 18.7 Å². The molecule has 2 aromatic heterocycles. The van der Waals surface area contributed by atoms with Crippen LogP contribution in [0.3, 0.4) is 0 Å². The number of nitrogens with zero attached hydrogens (tertiary/aromatic N) is 2. The van der Waals surface area contributed by atoms with E-state index >= 15 is 0 Å². The Hall–Kier alpha value is -3.55. The molecule has 0 saturated carbocycles. The van der Waals surface area contributed by atoms with Gasteiger partial charge in [0.2, 0.25) is 0 Å². The molecule has 1 aromatic carbocycles. The first-order valence-electron chi connectivity index (χ1n) is 8.36. The van der Waals surface area contributed by atoms with E-state index in [1.807, 2.05) is 12.1 Å². The van der Waals surface area contributed by atoms with Crippen molar-refractivity contribution in [3.8, 4) is 17.1 Å². The van der Waals surface area contributed by atoms with Gasteiger partial charge in [-0.3, -0.25) is 4.79 Å². The molecule has 2 N–H and O–H groups in total. The largest absolute Gasteiger partial charge is 0.497 e. The number of fused-ring (bicyclic) bond motifs is 1. The van der Waals surface area contributed by atoms with Crippen molar-refractivity contribution in [3.63, 3.8) is 0 Å². The molecular weight excluding hydrogens is 350 g/mol. The zero-order chi connectivity index (χ0) is 19.0. The van der Waals surface area contributed by atoms with Crippen LogP contribution in [0.15, 0.2) is 47.1 Å². The number of H-pyrrole nitrogens is 1. The number of ether oxygens (including phenoxy) is 1. The summed E-state index contributed by atoms with van der Waals surface area (Å²) >= 11 is 0. The van der Waals surface area contributed by atoms with E-state index < -0.39 is 17.9 Å². The van der Waals surface area contributed by atoms with Gasteiger partial charge in [0.1, 0.15) is 17.6 Å². The summed E-state index contributed by atoms with van der Waals surface area (Å²) in [6, 6.07) is 9.50. The van der Waals surface area contributed by atoms with Crippen molar-refractivity contribution in [3.05, 3.63) is 59.9 Å². The quantitative estimate of drug-likeness (QED) is 0.733. The van der Waals surface area contributed by atoms with Gasteiger partial charge in [0.05, 0.1) is 31.4 Å². The van der Waals surface area contributed by atoms with Crippen LogP contribution < -0.4 is 4.74 Å². The van der Waals surface area contributed by atoms with Crippen molar-refractivity contribution in [2.45, 2.75) is 19.0 Å². The Bertz CT molecular complexity index is 989. The molecule has 0 saturated heterocycles. The molecule has 8 nitrogen and oxygen atoms in total. The minimum Gasteiger partial charge on any atom is -0.497 e. The number of aliphatic carboxylic acids is 1. The Kier molecular flexibility index (Phi) is 4.15. The van der Waals surface area contributed by atoms with Crippen LogP contribution in [0.5, 0.6) is 5.75 Å². The molecule has 1 aliphatic heterocycles. The maximum Gasteiger partial charge on any atom is 0.326 e. The Morgan fingerprint density at radius 3 is 2.74 bits per heavy atom. The number of rotatable bonds is 4. The lowest BCUT2D eigenvalue weighted by molar-refractivity contribution is -0.142. The van der Waals surface area contributed by atoms with Crippen LogP contribution in [0, 0.1) is 0 Å². The number of hydrogen-bond donors (Lipinski definition) is 2. The van der Waals surface area contributed by atoms with Crippen LogP contribution in [0.4, 0.5) is 0 Å². The van der Waals surface area contributed by atoms with Crippen LogP contribution in [0.1, 0.15) is 21.9 Å². The average molecular weight is 367 g/mol. The van der Waals surface area contributed by atoms with Gasteiger partial charge in [0.15, 0.2) is 5.76 Å². The summed E-state index contributed by atoms with van der Waals surface area (Å²) in [7, 11) is 1.58. The number of furan rings is 1. The first kappa shape index (κ1) is 16.9. The first-order valence-corrected chi connectivity index (χ1v) is 8.36. The number of nitrogens with one attached hydrogen (secondary N) is 1. The third-order valence-electron chi connectivity index (χ3n) is 4.64. The standard InChI is InChI=1S/C19H17N3O5/c1-26-12-4-2-11(3-5-12)16-6-7-17(27-16)18(23)22-9-14-13(20-10-21-14)8-15(22)19(24)25/h2-7,10,15H,8-9H2,1H3,(H,20,21)(H,24,25)/t15-/m1/s1. The van der Waals surface area contributed by atoms with Crippen molar-refractivity contribution >= 4 is 11.9 Å². The summed E-state index contributed by atoms with van der Waals surface area (Å²) in [4.78, 5) is 32.9. The second-order valence-electron chi connectivity index (χ2n) is 6.21. The lowest BCUT2D eigenvalue weighted by Gasteiger charge is -2.31. The molecule has 0 radical (unpaired) electrons. The van der Waals surface area contributed by atoms with Crippen molar-refractivity contribution in [2.24, 2.45) is 0 Å². The number of aromatic amines is 1. The summed E-state index contributed by atoms with van der Waals surface area (Å²) in [6.45, 7) is 0.143. The van der Waals surface area contributed by atoms with Crippen LogP contribution in [0.2, 0.25) is 0 Å². The number of carboxylic acids is 1. The monoisotopic (exact) mass is 367 g/mol. The number of imidazole rings is 1. The van der Waals surface area contributed by atoms with E-state index in [1.54, 1.807) is 31.4 Å². The van der Waals surface area contributed by atoms with Gasteiger partial charge in [0.25, 0.3) is 5.91 Å². The average Bonchev–Trinajstić information content (AvgIpc) is 3.35. The van der Waals surface area contributed by atoms with Gasteiger partial charge < -0.3 is 24.1 Å². The molecule has 3 aromatic rings. The van der Waals surface area contributed by atoms with Gasteiger partial charge in [-0.05, 0) is 36.4 Å². The van der Waals surface area contributed by atoms with Gasteiger partial charge >= 0.3 is 5.97 Å². The summed E-state index contributed by atoms with van der Waals surface area (Å²) < 4.78 is 10.8. The fraction of sp³-hybridized carbons (Fsp3) is 0.211. The molecular formula is C19H17N3O5. The summed E-state index contributed by atoms with van der Waals surface area (Å²) in [6.07, 6.45) is 1.66. The van der Waals surface area contributed by atoms with Crippen molar-refractivity contribution in [2.75, 3.05) is 7.11 Å². The molecule has 0 aliphatic carbocycles. The Balaban J connectivity index is 1.60. The van der Waals surface area contributed by atoms with Gasteiger partial charge in [-0.15, -0.1) is 0 Å². The number of carbonyl (C=O) groups excluding carboxylic acids is 1. The van der Waals surface area contributed by atoms with Gasteiger partial charge in [-0.25, -0.2) is 9.78 Å². The minimum atomic E-state index is -1.07. The highest BCUT2D eigenvalue weighted by molar-refractivity contribution is 5.95. The molecule has 1 atom stereocenters. The van der Waals surface area contributed by atoms with Crippen LogP contribution >= 0.6 is 0 Å². The number of hydrogen-bond acceptors (Lipinski definition) is 5. The molecule has 0 fully saturated rings. The summed E-state index contributed by atoms with van der Waals surface area (Å²) in [5, 5.41) is 9.53. The molecule has 8 heteroatoms. The van der Waals surface area contributed by atoms with Gasteiger partial charge in [0, 0.05) is 12.0 Å². The van der Waals surface area contributed by atoms with Crippen LogP contribution in [-0.4, -0.2) is 45.0 Å². The van der Waals surface area contributed by atoms with Crippen molar-refractivity contribution < 1.29 is 23.8 Å². The fourth-order valence-electron chi connectivity index (χ4n) is 3.17. The number of aromatic nitrogens is 2. The number of amides is 1. The molecule has 0 unspecified atom stereocenters. The van der Waals surface area contributed by atoms with Gasteiger partial charge in [-0.1, -0.05) is 0 Å². The number of methoxy groups -OCH3 is 1. The zero-order valence-electron chi connectivity index (χ0n) is 14.5. The molecule has 138 valence electrons. The van der Waals surface area contributed by atoms with E-state index in [0.29, 0.717) is 11.5 Å². The van der Waals surface area contributed by atoms with Crippen LogP contribution in [-0.2, 0) is 17.8 Å². The van der Waals surface area contributed by atoms with E-state index in [4.69, 9.17) is 9.15 Å². The molecule has 0 bridgehead atoms. The maximum atomic E-state index is 12.9. The highest BCUT2D eigenvalue weighted by Gasteiger charge is 2.37. The second-order valence-corrected chi connectivity index (χ2v) is 6.21. The SMILES string of the molecule is COc1ccc(-c2ccc(C(=O)N3Cc4[nH]cnc4C[C@@H]3C(=O)O)o2)cc1. The number of benzene rings is 1. The summed E-state index contributed by atoms with van der Waals surface area (Å²) in [5.41, 5.74) is 2.20. The Morgan fingerprint density at radius 1 is 1.26 bits per heavy atom. The predicted molar refractivity (Wildman–Crippen MR) is 94.3 cm³/mol. The van der Waals surface area contributed by atoms with Crippen LogP contribution in [0.25, 0.3) is 11.3 Å². The van der Waals surface area contributed by atoms with E-state index in [1.165, 1.54) is 11.2 Å². The highest BCUT2D eigenvalue weighted by atomic mass is 16.5. The Labute approximate surface area is 154 Å². The minimum absolute atomic E-state index is 0.0926. The summed E-state index contributed by atoms with van der Waals surface area (Å²) in [5.74, 6) is -0.210. The van der Waals surface area contributed by atoms with Crippen molar-refractivity contribution in [1.82, 2.24) is 14.9 Å². The first-order chi connectivity index (χ1) is 13.1. The Morgan fingerprint density at radius 2 is 2.04 bits per heavy atom. The molecule has 27 heavy (non-hydrogen) atoms. The molecule has 3 heterocycles. The van der Waals surface area contributed by atoms with E-state index in [9.17, 15) is 14.7 Å². The van der Waals surface area contributed by atoms with Gasteiger partial charge in [-0.2, -0.15) is 0 Å². The number of carbonyl (C=O) groups is 2. The zero-order valence-corrected chi connectivity index (χ0v) is 14.5. The lowest BCUT2D eigenvalue weighted by Crippen LogP contribution is -2.48. The highest BCUT2D eigenvalue weighted by Crippen LogP contribution is 2.27. The van der Waals surface area contributed by atoms with Crippen molar-refractivity contribution in [1.29, 1.82) is 0 Å².